The first-order valence-corrected chi connectivity index (χ1v) is 7.84. The van der Waals surface area contributed by atoms with Crippen LogP contribution < -0.4 is 0 Å². The minimum Gasteiger partial charge on any atom is -0.388 e. The van der Waals surface area contributed by atoms with Crippen LogP contribution in [0, 0.1) is 6.92 Å². The highest BCUT2D eigenvalue weighted by Crippen LogP contribution is 2.41. The molecule has 0 fully saturated rings. The summed E-state index contributed by atoms with van der Waals surface area (Å²) in [5, 5.41) is 10.8. The van der Waals surface area contributed by atoms with E-state index in [1.54, 1.807) is 0 Å². The average molecular weight is 332 g/mol. The minimum atomic E-state index is -0.502. The number of nitrogens with zero attached hydrogens (tertiary/aromatic N) is 1. The highest BCUT2D eigenvalue weighted by Gasteiger charge is 2.29. The number of aliphatic hydroxyl groups is 1. The highest BCUT2D eigenvalue weighted by molar-refractivity contribution is 9.10. The summed E-state index contributed by atoms with van der Waals surface area (Å²) in [6, 6.07) is 10.2. The van der Waals surface area contributed by atoms with Crippen molar-refractivity contribution < 1.29 is 5.11 Å². The van der Waals surface area contributed by atoms with Crippen LogP contribution >= 0.6 is 15.9 Å². The number of hydrogen-bond donors (Lipinski definition) is 1. The number of benzene rings is 1. The van der Waals surface area contributed by atoms with Crippen LogP contribution in [0.1, 0.15) is 47.2 Å². The van der Waals surface area contributed by atoms with Gasteiger partial charge in [0.2, 0.25) is 0 Å². The molecule has 1 aliphatic carbocycles. The van der Waals surface area contributed by atoms with Crippen LogP contribution in [0.3, 0.4) is 0 Å². The summed E-state index contributed by atoms with van der Waals surface area (Å²) in [7, 11) is 0. The Morgan fingerprint density at radius 2 is 2.20 bits per heavy atom. The molecule has 0 saturated heterocycles. The molecule has 0 spiro atoms. The number of halogens is 1. The van der Waals surface area contributed by atoms with Crippen molar-refractivity contribution in [2.45, 2.75) is 38.2 Å². The summed E-state index contributed by atoms with van der Waals surface area (Å²) in [5.41, 5.74) is 4.49. The van der Waals surface area contributed by atoms with Gasteiger partial charge in [0.25, 0.3) is 0 Å². The van der Waals surface area contributed by atoms with Crippen LogP contribution in [0.4, 0.5) is 0 Å². The van der Waals surface area contributed by atoms with Crippen LogP contribution in [-0.2, 0) is 6.42 Å². The van der Waals surface area contributed by atoms with Crippen LogP contribution in [0.2, 0.25) is 0 Å². The standard InChI is InChI=1S/C17H18BrNO/c1-11-7-8-15(18)14(10-11)17(20)13-6-2-4-12-5-3-9-19-16(12)13/h3,5,7-10,13,17,20H,2,4,6H2,1H3. The third kappa shape index (κ3) is 2.52. The summed E-state index contributed by atoms with van der Waals surface area (Å²) in [6.45, 7) is 2.05. The molecular weight excluding hydrogens is 314 g/mol. The lowest BCUT2D eigenvalue weighted by molar-refractivity contribution is 0.133. The molecule has 2 aromatic rings. The highest BCUT2D eigenvalue weighted by atomic mass is 79.9. The van der Waals surface area contributed by atoms with Gasteiger partial charge in [-0.3, -0.25) is 4.98 Å². The second-order valence-electron chi connectivity index (χ2n) is 5.52. The largest absolute Gasteiger partial charge is 0.388 e. The van der Waals surface area contributed by atoms with E-state index in [4.69, 9.17) is 0 Å². The Balaban J connectivity index is 1.99. The van der Waals surface area contributed by atoms with Gasteiger partial charge in [-0.25, -0.2) is 0 Å². The molecule has 1 aliphatic rings. The smallest absolute Gasteiger partial charge is 0.0884 e. The molecule has 1 N–H and O–H groups in total. The number of fused-ring (bicyclic) bond motifs is 1. The van der Waals surface area contributed by atoms with Gasteiger partial charge < -0.3 is 5.11 Å². The molecule has 0 saturated carbocycles. The van der Waals surface area contributed by atoms with Crippen molar-refractivity contribution in [2.75, 3.05) is 0 Å². The van der Waals surface area contributed by atoms with Crippen molar-refractivity contribution in [1.29, 1.82) is 0 Å². The Bertz CT molecular complexity index is 626. The van der Waals surface area contributed by atoms with Crippen LogP contribution in [0.5, 0.6) is 0 Å². The van der Waals surface area contributed by atoms with E-state index >= 15 is 0 Å². The lowest BCUT2D eigenvalue weighted by Crippen LogP contribution is -2.19. The fraction of sp³-hybridized carbons (Fsp3) is 0.353. The first-order chi connectivity index (χ1) is 9.66. The monoisotopic (exact) mass is 331 g/mol. The normalized spacial score (nSPS) is 19.4. The third-order valence-electron chi connectivity index (χ3n) is 4.09. The maximum atomic E-state index is 10.8. The maximum Gasteiger partial charge on any atom is 0.0884 e. The summed E-state index contributed by atoms with van der Waals surface area (Å²) >= 11 is 3.56. The number of hydrogen-bond acceptors (Lipinski definition) is 2. The maximum absolute atomic E-state index is 10.8. The first kappa shape index (κ1) is 13.8. The molecule has 2 nitrogen and oxygen atoms in total. The summed E-state index contributed by atoms with van der Waals surface area (Å²) in [6.07, 6.45) is 4.50. The third-order valence-corrected chi connectivity index (χ3v) is 4.81. The fourth-order valence-corrected chi connectivity index (χ4v) is 3.54. The van der Waals surface area contributed by atoms with E-state index in [2.05, 4.69) is 40.0 Å². The van der Waals surface area contributed by atoms with E-state index in [9.17, 15) is 5.11 Å². The van der Waals surface area contributed by atoms with Crippen LogP contribution in [-0.4, -0.2) is 10.1 Å². The van der Waals surface area contributed by atoms with Gasteiger partial charge in [-0.1, -0.05) is 39.7 Å². The minimum absolute atomic E-state index is 0.0954. The van der Waals surface area contributed by atoms with Gasteiger partial charge >= 0.3 is 0 Å². The zero-order chi connectivity index (χ0) is 14.1. The van der Waals surface area contributed by atoms with E-state index in [0.717, 1.165) is 35.0 Å². The SMILES string of the molecule is Cc1ccc(Br)c(C(O)C2CCCc3cccnc32)c1. The van der Waals surface area contributed by atoms with Crippen molar-refractivity contribution in [3.8, 4) is 0 Å². The van der Waals surface area contributed by atoms with E-state index in [-0.39, 0.29) is 5.92 Å². The molecule has 0 radical (unpaired) electrons. The number of aromatic nitrogens is 1. The van der Waals surface area contributed by atoms with Crippen LogP contribution in [0.15, 0.2) is 41.0 Å². The van der Waals surface area contributed by atoms with E-state index < -0.39 is 6.10 Å². The Kier molecular flexibility index (Phi) is 3.90. The van der Waals surface area contributed by atoms with E-state index in [0.29, 0.717) is 0 Å². The number of rotatable bonds is 2. The molecule has 0 aliphatic heterocycles. The van der Waals surface area contributed by atoms with Gasteiger partial charge in [0.15, 0.2) is 0 Å². The molecule has 20 heavy (non-hydrogen) atoms. The van der Waals surface area contributed by atoms with Gasteiger partial charge in [0.05, 0.1) is 6.10 Å². The number of aryl methyl sites for hydroxylation is 2. The number of pyridine rings is 1. The molecular formula is C17H18BrNO. The number of aliphatic hydroxyl groups excluding tert-OH is 1. The summed E-state index contributed by atoms with van der Waals surface area (Å²) in [4.78, 5) is 4.52. The van der Waals surface area contributed by atoms with Gasteiger partial charge in [0, 0.05) is 22.3 Å². The van der Waals surface area contributed by atoms with Crippen molar-refractivity contribution in [3.63, 3.8) is 0 Å². The zero-order valence-electron chi connectivity index (χ0n) is 11.5. The van der Waals surface area contributed by atoms with Crippen LogP contribution in [0.25, 0.3) is 0 Å². The molecule has 3 rings (SSSR count). The Labute approximate surface area is 128 Å². The predicted octanol–water partition coefficient (Wildman–Crippen LogP) is 4.31. The molecule has 1 heterocycles. The molecule has 2 atom stereocenters. The molecule has 0 amide bonds. The van der Waals surface area contributed by atoms with Gasteiger partial charge in [0.1, 0.15) is 0 Å². The predicted molar refractivity (Wildman–Crippen MR) is 83.8 cm³/mol. The summed E-state index contributed by atoms with van der Waals surface area (Å²) in [5.74, 6) is 0.0954. The Hall–Kier alpha value is -1.19. The fourth-order valence-electron chi connectivity index (χ4n) is 3.06. The summed E-state index contributed by atoms with van der Waals surface area (Å²) < 4.78 is 0.971. The van der Waals surface area contributed by atoms with Crippen molar-refractivity contribution in [3.05, 3.63) is 63.4 Å². The quantitative estimate of drug-likeness (QED) is 0.889. The van der Waals surface area contributed by atoms with Crippen molar-refractivity contribution in [1.82, 2.24) is 4.98 Å². The van der Waals surface area contributed by atoms with Crippen molar-refractivity contribution in [2.24, 2.45) is 0 Å². The lowest BCUT2D eigenvalue weighted by Gasteiger charge is -2.29. The Morgan fingerprint density at radius 3 is 3.05 bits per heavy atom. The average Bonchev–Trinajstić information content (AvgIpc) is 2.48. The Morgan fingerprint density at radius 1 is 1.35 bits per heavy atom. The van der Waals surface area contributed by atoms with Gasteiger partial charge in [-0.2, -0.15) is 0 Å². The zero-order valence-corrected chi connectivity index (χ0v) is 13.1. The second kappa shape index (κ2) is 5.66. The second-order valence-corrected chi connectivity index (χ2v) is 6.37. The molecule has 104 valence electrons. The lowest BCUT2D eigenvalue weighted by atomic mass is 9.81. The van der Waals surface area contributed by atoms with Gasteiger partial charge in [-0.15, -0.1) is 0 Å². The molecule has 1 aromatic carbocycles. The van der Waals surface area contributed by atoms with E-state index in [1.165, 1.54) is 11.1 Å². The van der Waals surface area contributed by atoms with Crippen molar-refractivity contribution >= 4 is 15.9 Å². The topological polar surface area (TPSA) is 33.1 Å². The van der Waals surface area contributed by atoms with Gasteiger partial charge in [-0.05, 0) is 49.4 Å². The molecule has 0 bridgehead atoms. The first-order valence-electron chi connectivity index (χ1n) is 7.04. The molecule has 1 aromatic heterocycles. The molecule has 3 heteroatoms. The molecule has 2 unspecified atom stereocenters. The van der Waals surface area contributed by atoms with E-state index in [1.807, 2.05) is 24.4 Å².